The Hall–Kier alpha value is -4.08. The van der Waals surface area contributed by atoms with E-state index in [4.69, 9.17) is 9.84 Å². The highest BCUT2D eigenvalue weighted by atomic mass is 16.6. The summed E-state index contributed by atoms with van der Waals surface area (Å²) >= 11 is 0. The van der Waals surface area contributed by atoms with Crippen molar-refractivity contribution in [3.05, 3.63) is 63.8 Å². The molecule has 0 amide bonds. The summed E-state index contributed by atoms with van der Waals surface area (Å²) in [5.74, 6) is -1.97. The van der Waals surface area contributed by atoms with Crippen LogP contribution in [0.5, 0.6) is 0 Å². The molecule has 28 heavy (non-hydrogen) atoms. The summed E-state index contributed by atoms with van der Waals surface area (Å²) < 4.78 is 4.93. The molecular weight excluding hydrogens is 368 g/mol. The lowest BCUT2D eigenvalue weighted by molar-refractivity contribution is -0.385. The van der Waals surface area contributed by atoms with Gasteiger partial charge in [0.05, 0.1) is 11.5 Å². The molecule has 0 saturated heterocycles. The molecule has 0 spiro atoms. The van der Waals surface area contributed by atoms with E-state index in [1.54, 1.807) is 31.2 Å². The molecule has 0 bridgehead atoms. The third kappa shape index (κ3) is 3.56. The number of hydrogen-bond acceptors (Lipinski definition) is 7. The van der Waals surface area contributed by atoms with E-state index in [1.807, 2.05) is 0 Å². The molecule has 1 heterocycles. The highest BCUT2D eigenvalue weighted by Crippen LogP contribution is 2.29. The van der Waals surface area contributed by atoms with Gasteiger partial charge in [-0.15, -0.1) is 5.10 Å². The van der Waals surface area contributed by atoms with Crippen LogP contribution in [0, 0.1) is 10.1 Å². The first-order chi connectivity index (χ1) is 13.4. The van der Waals surface area contributed by atoms with Crippen LogP contribution >= 0.6 is 0 Å². The molecule has 3 rings (SSSR count). The van der Waals surface area contributed by atoms with Crippen LogP contribution in [-0.2, 0) is 4.74 Å². The fourth-order valence-electron chi connectivity index (χ4n) is 2.64. The number of carboxylic acid groups (broad SMARTS) is 1. The second-order valence-corrected chi connectivity index (χ2v) is 5.61. The Bertz CT molecular complexity index is 1060. The standard InChI is InChI=1S/C18H14N4O6/c1-2-28-18(25)16-15(19-21-20-16)11-5-3-10(4-6-11)12-7-8-13(17(23)24)14(9-12)22(26)27/h3-9H,2H2,1H3,(H,23,24)(H,19,20,21). The van der Waals surface area contributed by atoms with Gasteiger partial charge in [0.25, 0.3) is 5.69 Å². The van der Waals surface area contributed by atoms with Crippen LogP contribution in [0.1, 0.15) is 27.8 Å². The Morgan fingerprint density at radius 2 is 1.75 bits per heavy atom. The molecule has 1 aromatic heterocycles. The number of carbonyl (C=O) groups excluding carboxylic acids is 1. The molecule has 10 nitrogen and oxygen atoms in total. The molecule has 3 aromatic rings. The van der Waals surface area contributed by atoms with Crippen molar-refractivity contribution in [2.75, 3.05) is 6.61 Å². The second kappa shape index (κ2) is 7.66. The minimum absolute atomic E-state index is 0.0519. The highest BCUT2D eigenvalue weighted by molar-refractivity contribution is 5.94. The van der Waals surface area contributed by atoms with Gasteiger partial charge >= 0.3 is 11.9 Å². The van der Waals surface area contributed by atoms with Gasteiger partial charge in [0.2, 0.25) is 0 Å². The fraction of sp³-hybridized carbons (Fsp3) is 0.111. The van der Waals surface area contributed by atoms with E-state index in [1.165, 1.54) is 18.2 Å². The number of nitrogens with one attached hydrogen (secondary N) is 1. The van der Waals surface area contributed by atoms with Crippen LogP contribution in [0.15, 0.2) is 42.5 Å². The predicted octanol–water partition coefficient (Wildman–Crippen LogP) is 2.92. The molecule has 0 aliphatic rings. The topological polar surface area (TPSA) is 148 Å². The summed E-state index contributed by atoms with van der Waals surface area (Å²) in [4.78, 5) is 33.5. The van der Waals surface area contributed by atoms with Crippen LogP contribution in [0.4, 0.5) is 5.69 Å². The van der Waals surface area contributed by atoms with Crippen LogP contribution < -0.4 is 0 Å². The second-order valence-electron chi connectivity index (χ2n) is 5.61. The van der Waals surface area contributed by atoms with Crippen molar-refractivity contribution in [3.63, 3.8) is 0 Å². The number of nitro benzene ring substituents is 1. The van der Waals surface area contributed by atoms with Gasteiger partial charge < -0.3 is 9.84 Å². The molecule has 0 fully saturated rings. The molecule has 0 unspecified atom stereocenters. The lowest BCUT2D eigenvalue weighted by Gasteiger charge is -2.06. The van der Waals surface area contributed by atoms with Gasteiger partial charge in [0.1, 0.15) is 11.3 Å². The summed E-state index contributed by atoms with van der Waals surface area (Å²) in [6.07, 6.45) is 0. The number of H-pyrrole nitrogens is 1. The van der Waals surface area contributed by atoms with E-state index in [0.29, 0.717) is 22.4 Å². The van der Waals surface area contributed by atoms with Crippen LogP contribution in [-0.4, -0.2) is 44.0 Å². The van der Waals surface area contributed by atoms with E-state index < -0.39 is 22.5 Å². The molecule has 10 heteroatoms. The Balaban J connectivity index is 1.95. The van der Waals surface area contributed by atoms with Crippen molar-refractivity contribution in [2.45, 2.75) is 6.92 Å². The molecule has 0 atom stereocenters. The minimum atomic E-state index is -1.37. The van der Waals surface area contributed by atoms with Crippen molar-refractivity contribution in [3.8, 4) is 22.4 Å². The number of nitrogens with zero attached hydrogens (tertiary/aromatic N) is 3. The number of esters is 1. The lowest BCUT2D eigenvalue weighted by atomic mass is 10.00. The Morgan fingerprint density at radius 1 is 1.11 bits per heavy atom. The van der Waals surface area contributed by atoms with E-state index in [-0.39, 0.29) is 17.9 Å². The first-order valence-electron chi connectivity index (χ1n) is 8.12. The summed E-state index contributed by atoms with van der Waals surface area (Å²) in [6.45, 7) is 1.89. The normalized spacial score (nSPS) is 10.5. The fourth-order valence-corrected chi connectivity index (χ4v) is 2.64. The molecule has 2 N–H and O–H groups in total. The summed E-state index contributed by atoms with van der Waals surface area (Å²) in [5, 5.41) is 30.4. The van der Waals surface area contributed by atoms with Crippen molar-refractivity contribution >= 4 is 17.6 Å². The van der Waals surface area contributed by atoms with Crippen LogP contribution in [0.2, 0.25) is 0 Å². The Kier molecular flexibility index (Phi) is 5.12. The number of benzene rings is 2. The van der Waals surface area contributed by atoms with E-state index >= 15 is 0 Å². The molecule has 2 aromatic carbocycles. The van der Waals surface area contributed by atoms with Gasteiger partial charge in [0, 0.05) is 11.6 Å². The number of nitro groups is 1. The maximum Gasteiger partial charge on any atom is 0.361 e. The van der Waals surface area contributed by atoms with Gasteiger partial charge in [-0.1, -0.05) is 30.3 Å². The third-order valence-electron chi connectivity index (χ3n) is 3.93. The van der Waals surface area contributed by atoms with Gasteiger partial charge in [-0.05, 0) is 24.1 Å². The maximum atomic E-state index is 11.9. The predicted molar refractivity (Wildman–Crippen MR) is 96.8 cm³/mol. The zero-order valence-electron chi connectivity index (χ0n) is 14.6. The molecular formula is C18H14N4O6. The monoisotopic (exact) mass is 382 g/mol. The number of hydrogen-bond donors (Lipinski definition) is 2. The first kappa shape index (κ1) is 18.7. The average molecular weight is 382 g/mol. The summed E-state index contributed by atoms with van der Waals surface area (Å²) in [7, 11) is 0. The average Bonchev–Trinajstić information content (AvgIpc) is 3.17. The number of rotatable bonds is 6. The molecule has 0 radical (unpaired) electrons. The van der Waals surface area contributed by atoms with Crippen LogP contribution in [0.25, 0.3) is 22.4 Å². The van der Waals surface area contributed by atoms with Crippen molar-refractivity contribution in [1.82, 2.24) is 15.4 Å². The zero-order chi connectivity index (χ0) is 20.3. The first-order valence-corrected chi connectivity index (χ1v) is 8.12. The van der Waals surface area contributed by atoms with Crippen molar-refractivity contribution in [1.29, 1.82) is 0 Å². The largest absolute Gasteiger partial charge is 0.477 e. The lowest BCUT2D eigenvalue weighted by Crippen LogP contribution is -2.06. The zero-order valence-corrected chi connectivity index (χ0v) is 14.6. The Morgan fingerprint density at radius 3 is 2.36 bits per heavy atom. The minimum Gasteiger partial charge on any atom is -0.477 e. The number of aromatic carboxylic acids is 1. The van der Waals surface area contributed by atoms with Gasteiger partial charge in [-0.3, -0.25) is 10.1 Å². The smallest absolute Gasteiger partial charge is 0.361 e. The number of aromatic nitrogens is 3. The summed E-state index contributed by atoms with van der Waals surface area (Å²) in [6, 6.07) is 10.6. The molecule has 0 saturated carbocycles. The summed E-state index contributed by atoms with van der Waals surface area (Å²) in [5.41, 5.74) is 1.20. The van der Waals surface area contributed by atoms with Gasteiger partial charge in [-0.25, -0.2) is 9.59 Å². The van der Waals surface area contributed by atoms with Crippen molar-refractivity contribution < 1.29 is 24.4 Å². The third-order valence-corrected chi connectivity index (χ3v) is 3.93. The maximum absolute atomic E-state index is 11.9. The van der Waals surface area contributed by atoms with E-state index in [0.717, 1.165) is 0 Å². The number of ether oxygens (including phenoxy) is 1. The molecule has 142 valence electrons. The SMILES string of the molecule is CCOC(=O)c1n[nH]nc1-c1ccc(-c2ccc(C(=O)O)c([N+](=O)[O-])c2)cc1. The van der Waals surface area contributed by atoms with Gasteiger partial charge in [0.15, 0.2) is 5.69 Å². The molecule has 0 aliphatic carbocycles. The molecule has 0 aliphatic heterocycles. The number of carbonyl (C=O) groups is 2. The van der Waals surface area contributed by atoms with Gasteiger partial charge in [-0.2, -0.15) is 10.3 Å². The van der Waals surface area contributed by atoms with Crippen molar-refractivity contribution in [2.24, 2.45) is 0 Å². The number of carboxylic acids is 1. The van der Waals surface area contributed by atoms with E-state index in [9.17, 15) is 19.7 Å². The highest BCUT2D eigenvalue weighted by Gasteiger charge is 2.21. The quantitative estimate of drug-likeness (QED) is 0.375. The van der Waals surface area contributed by atoms with Crippen LogP contribution in [0.3, 0.4) is 0 Å². The Labute approximate surface area is 157 Å². The number of aromatic amines is 1. The van der Waals surface area contributed by atoms with E-state index in [2.05, 4.69) is 15.4 Å².